The molecular formula is C30H32ClF3N6O4. The van der Waals surface area contributed by atoms with E-state index >= 15 is 0 Å². The number of nitrogens with zero attached hydrogens (tertiary/aromatic N) is 4. The molecule has 1 amide bonds. The summed E-state index contributed by atoms with van der Waals surface area (Å²) < 4.78 is 49.5. The maximum Gasteiger partial charge on any atom is 0.429 e. The summed E-state index contributed by atoms with van der Waals surface area (Å²) in [6.07, 6.45) is -5.45. The van der Waals surface area contributed by atoms with Crippen molar-refractivity contribution in [2.75, 3.05) is 44.4 Å². The molecule has 1 unspecified atom stereocenters. The molecule has 1 spiro atoms. The van der Waals surface area contributed by atoms with E-state index in [9.17, 15) is 27.9 Å². The van der Waals surface area contributed by atoms with Gasteiger partial charge in [0.1, 0.15) is 11.9 Å². The highest BCUT2D eigenvalue weighted by Crippen LogP contribution is 2.43. The molecule has 10 nitrogen and oxygen atoms in total. The summed E-state index contributed by atoms with van der Waals surface area (Å²) in [4.78, 5) is 35.4. The van der Waals surface area contributed by atoms with E-state index in [1.165, 1.54) is 35.2 Å². The third kappa shape index (κ3) is 6.68. The molecule has 0 bridgehead atoms. The van der Waals surface area contributed by atoms with Crippen LogP contribution in [0.2, 0.25) is 5.02 Å². The zero-order valence-electron chi connectivity index (χ0n) is 24.1. The Bertz CT molecular complexity index is 1560. The van der Waals surface area contributed by atoms with E-state index in [-0.39, 0.29) is 39.3 Å². The number of nitrogen functional groups attached to an aromatic ring is 1. The first-order chi connectivity index (χ1) is 20.7. The highest BCUT2D eigenvalue weighted by molar-refractivity contribution is 6.30. The monoisotopic (exact) mass is 632 g/mol. The van der Waals surface area contributed by atoms with E-state index in [0.717, 1.165) is 0 Å². The maximum absolute atomic E-state index is 14.7. The number of carboxylic acids is 1. The molecule has 44 heavy (non-hydrogen) atoms. The van der Waals surface area contributed by atoms with Crippen LogP contribution in [0.1, 0.15) is 41.3 Å². The molecule has 2 atom stereocenters. The number of anilines is 2. The summed E-state index contributed by atoms with van der Waals surface area (Å²) in [6, 6.07) is 11.0. The number of piperidine rings is 1. The Morgan fingerprint density at radius 2 is 1.89 bits per heavy atom. The fraction of sp³-hybridized carbons (Fsp3) is 0.400. The van der Waals surface area contributed by atoms with Gasteiger partial charge in [-0.25, -0.2) is 0 Å². The summed E-state index contributed by atoms with van der Waals surface area (Å²) >= 11 is 6.22. The molecule has 2 aliphatic rings. The molecule has 5 rings (SSSR count). The Kier molecular flexibility index (Phi) is 8.63. The lowest BCUT2D eigenvalue weighted by Gasteiger charge is -2.39. The minimum atomic E-state index is -4.87. The first kappa shape index (κ1) is 31.3. The van der Waals surface area contributed by atoms with Crippen LogP contribution in [0, 0.1) is 5.41 Å². The van der Waals surface area contributed by atoms with Crippen molar-refractivity contribution in [3.05, 3.63) is 64.7 Å². The van der Waals surface area contributed by atoms with Crippen LogP contribution in [0.5, 0.6) is 5.88 Å². The molecule has 1 aromatic heterocycles. The number of amides is 1. The average molecular weight is 633 g/mol. The molecule has 234 valence electrons. The molecule has 3 heterocycles. The van der Waals surface area contributed by atoms with Crippen LogP contribution >= 0.6 is 11.6 Å². The molecule has 2 fully saturated rings. The number of rotatable bonds is 7. The Hall–Kier alpha value is -4.10. The predicted octanol–water partition coefficient (Wildman–Crippen LogP) is 4.80. The second-order valence-electron chi connectivity index (χ2n) is 11.4. The number of ether oxygens (including phenoxy) is 1. The fourth-order valence-corrected chi connectivity index (χ4v) is 6.02. The van der Waals surface area contributed by atoms with Crippen molar-refractivity contribution in [3.8, 4) is 17.0 Å². The van der Waals surface area contributed by atoms with Crippen molar-refractivity contribution in [2.24, 2.45) is 5.41 Å². The third-order valence-electron chi connectivity index (χ3n) is 8.17. The Balaban J connectivity index is 1.43. The standard InChI is InChI=1S/C30H32ClF3N6O4/c1-39(2)26(41)18-5-3-4-17(12-18)21-13-19(31)6-7-20(21)25(30(32,33)34)44-24-14-23(37-28(35)38-24)40-10-8-29(9-11-40)15-22(27(42)43)36-16-29/h3-7,12-14,22,25,36H,8-11,15-16H2,1-2H3,(H,42,43)(H2,35,37,38)/t22?,25-/m1/s1. The highest BCUT2D eigenvalue weighted by Gasteiger charge is 2.46. The van der Waals surface area contributed by atoms with Crippen LogP contribution < -0.4 is 20.7 Å². The minimum Gasteiger partial charge on any atom is -0.480 e. The van der Waals surface area contributed by atoms with Crippen molar-refractivity contribution in [1.82, 2.24) is 20.2 Å². The molecule has 14 heteroatoms. The number of benzene rings is 2. The Morgan fingerprint density at radius 3 is 2.52 bits per heavy atom. The van der Waals surface area contributed by atoms with Gasteiger partial charge in [0.25, 0.3) is 5.91 Å². The second-order valence-corrected chi connectivity index (χ2v) is 11.9. The molecule has 0 aliphatic carbocycles. The number of hydrogen-bond donors (Lipinski definition) is 3. The summed E-state index contributed by atoms with van der Waals surface area (Å²) in [7, 11) is 3.16. The Labute approximate surface area is 257 Å². The van der Waals surface area contributed by atoms with Crippen LogP contribution in [0.15, 0.2) is 48.5 Å². The summed E-state index contributed by atoms with van der Waals surface area (Å²) in [5.74, 6) is -1.49. The lowest BCUT2D eigenvalue weighted by atomic mass is 9.76. The van der Waals surface area contributed by atoms with E-state index < -0.39 is 24.3 Å². The fourth-order valence-electron chi connectivity index (χ4n) is 5.85. The van der Waals surface area contributed by atoms with E-state index in [4.69, 9.17) is 22.1 Å². The largest absolute Gasteiger partial charge is 0.480 e. The average Bonchev–Trinajstić information content (AvgIpc) is 3.39. The predicted molar refractivity (Wildman–Crippen MR) is 159 cm³/mol. The van der Waals surface area contributed by atoms with E-state index in [0.29, 0.717) is 55.8 Å². The van der Waals surface area contributed by atoms with Gasteiger partial charge >= 0.3 is 12.1 Å². The lowest BCUT2D eigenvalue weighted by molar-refractivity contribution is -0.198. The number of carbonyl (C=O) groups excluding carboxylic acids is 1. The normalized spacial score (nSPS) is 18.7. The van der Waals surface area contributed by atoms with Crippen molar-refractivity contribution >= 4 is 35.2 Å². The topological polar surface area (TPSA) is 134 Å². The van der Waals surface area contributed by atoms with Crippen molar-refractivity contribution < 1.29 is 32.6 Å². The zero-order chi connectivity index (χ0) is 31.8. The smallest absolute Gasteiger partial charge is 0.429 e. The van der Waals surface area contributed by atoms with Crippen LogP contribution in [0.25, 0.3) is 11.1 Å². The van der Waals surface area contributed by atoms with Crippen LogP contribution in [0.3, 0.4) is 0 Å². The van der Waals surface area contributed by atoms with Crippen molar-refractivity contribution in [3.63, 3.8) is 0 Å². The van der Waals surface area contributed by atoms with Crippen LogP contribution in [-0.4, -0.2) is 77.8 Å². The first-order valence-corrected chi connectivity index (χ1v) is 14.3. The SMILES string of the molecule is CN(C)C(=O)c1cccc(-c2cc(Cl)ccc2[C@@H](Oc2cc(N3CCC4(CC3)CNC(C(=O)O)C4)nc(N)n2)C(F)(F)F)c1. The van der Waals surface area contributed by atoms with Gasteiger partial charge in [-0.15, -0.1) is 0 Å². The first-order valence-electron chi connectivity index (χ1n) is 14.0. The van der Waals surface area contributed by atoms with Gasteiger partial charge in [0.05, 0.1) is 0 Å². The molecular weight excluding hydrogens is 601 g/mol. The van der Waals surface area contributed by atoms with E-state index in [1.54, 1.807) is 32.3 Å². The van der Waals surface area contributed by atoms with Gasteiger partial charge in [-0.05, 0) is 60.1 Å². The number of carbonyl (C=O) groups is 2. The van der Waals surface area contributed by atoms with Gasteiger partial charge in [0, 0.05) is 55.9 Å². The highest BCUT2D eigenvalue weighted by atomic mass is 35.5. The van der Waals surface area contributed by atoms with Crippen molar-refractivity contribution in [1.29, 1.82) is 0 Å². The Morgan fingerprint density at radius 1 is 1.16 bits per heavy atom. The second kappa shape index (κ2) is 12.1. The molecule has 2 aromatic carbocycles. The van der Waals surface area contributed by atoms with Gasteiger partial charge < -0.3 is 30.7 Å². The van der Waals surface area contributed by atoms with Crippen molar-refractivity contribution in [2.45, 2.75) is 37.6 Å². The van der Waals surface area contributed by atoms with Gasteiger partial charge in [-0.1, -0.05) is 29.8 Å². The van der Waals surface area contributed by atoms with Crippen LogP contribution in [-0.2, 0) is 4.79 Å². The molecule has 2 aliphatic heterocycles. The molecule has 0 radical (unpaired) electrons. The molecule has 0 saturated carbocycles. The molecule has 2 saturated heterocycles. The number of carboxylic acid groups (broad SMARTS) is 1. The third-order valence-corrected chi connectivity index (χ3v) is 8.41. The van der Waals surface area contributed by atoms with Crippen LogP contribution in [0.4, 0.5) is 24.9 Å². The molecule has 4 N–H and O–H groups in total. The number of aliphatic carboxylic acids is 1. The summed E-state index contributed by atoms with van der Waals surface area (Å²) in [5, 5.41) is 12.6. The van der Waals surface area contributed by atoms with Gasteiger partial charge in [0.15, 0.2) is 0 Å². The number of nitrogens with two attached hydrogens (primary N) is 1. The number of nitrogens with one attached hydrogen (secondary N) is 1. The van der Waals surface area contributed by atoms with E-state index in [1.807, 2.05) is 4.90 Å². The number of halogens is 4. The lowest BCUT2D eigenvalue weighted by Crippen LogP contribution is -2.41. The van der Waals surface area contributed by atoms with Gasteiger partial charge in [0.2, 0.25) is 17.9 Å². The number of hydrogen-bond acceptors (Lipinski definition) is 8. The number of alkyl halides is 3. The summed E-state index contributed by atoms with van der Waals surface area (Å²) in [6.45, 7) is 1.60. The quantitative estimate of drug-likeness (QED) is 0.336. The van der Waals surface area contributed by atoms with Gasteiger partial charge in [-0.3, -0.25) is 9.59 Å². The van der Waals surface area contributed by atoms with Gasteiger partial charge in [-0.2, -0.15) is 23.1 Å². The number of aromatic nitrogens is 2. The maximum atomic E-state index is 14.7. The summed E-state index contributed by atoms with van der Waals surface area (Å²) in [5.41, 5.74) is 6.32. The minimum absolute atomic E-state index is 0.140. The molecule has 3 aromatic rings. The van der Waals surface area contributed by atoms with E-state index in [2.05, 4.69) is 15.3 Å². The zero-order valence-corrected chi connectivity index (χ0v) is 24.8.